The molecule has 3 heterocycles. The van der Waals surface area contributed by atoms with Gasteiger partial charge in [-0.3, -0.25) is 20.0 Å². The van der Waals surface area contributed by atoms with Crippen LogP contribution < -0.4 is 10.6 Å². The van der Waals surface area contributed by atoms with E-state index in [-0.39, 0.29) is 18.2 Å². The molecule has 3 aliphatic rings. The van der Waals surface area contributed by atoms with Gasteiger partial charge in [-0.15, -0.1) is 0 Å². The summed E-state index contributed by atoms with van der Waals surface area (Å²) >= 11 is 6.10. The van der Waals surface area contributed by atoms with Crippen molar-refractivity contribution in [2.75, 3.05) is 39.0 Å². The minimum atomic E-state index is -0.486. The Kier molecular flexibility index (Phi) is 5.69. The van der Waals surface area contributed by atoms with Gasteiger partial charge in [-0.05, 0) is 23.8 Å². The average Bonchev–Trinajstić information content (AvgIpc) is 3.22. The first-order valence-corrected chi connectivity index (χ1v) is 11.3. The van der Waals surface area contributed by atoms with Crippen LogP contribution in [0.1, 0.15) is 5.56 Å². The molecule has 0 aromatic heterocycles. The fraction of sp³-hybridized carbons (Fsp3) is 0.348. The maximum Gasteiger partial charge on any atom is 0.327 e. The van der Waals surface area contributed by atoms with Crippen LogP contribution in [-0.4, -0.2) is 89.6 Å². The number of nitrogens with one attached hydrogen (secondary N) is 2. The topological polar surface area (TPSA) is 83.5 Å². The zero-order valence-electron chi connectivity index (χ0n) is 18.5. The maximum absolute atomic E-state index is 13.1. The number of nitrogens with zero attached hydrogens (tertiary/aromatic N) is 5. The third-order valence-corrected chi connectivity index (χ3v) is 6.58. The summed E-state index contributed by atoms with van der Waals surface area (Å²) in [6, 6.07) is 16.7. The molecule has 10 heteroatoms. The van der Waals surface area contributed by atoms with E-state index in [0.29, 0.717) is 24.7 Å². The van der Waals surface area contributed by atoms with Crippen LogP contribution >= 0.6 is 11.6 Å². The van der Waals surface area contributed by atoms with Crippen LogP contribution in [0.25, 0.3) is 0 Å². The normalized spacial score (nSPS) is 25.1. The molecule has 0 bridgehead atoms. The van der Waals surface area contributed by atoms with Crippen molar-refractivity contribution in [2.45, 2.75) is 18.5 Å². The van der Waals surface area contributed by atoms with E-state index in [1.165, 1.54) is 11.9 Å². The molecule has 9 nitrogen and oxygen atoms in total. The summed E-state index contributed by atoms with van der Waals surface area (Å²) in [5.41, 5.74) is 2.82. The van der Waals surface area contributed by atoms with Gasteiger partial charge in [0, 0.05) is 37.9 Å². The van der Waals surface area contributed by atoms with Crippen molar-refractivity contribution >= 4 is 34.9 Å². The smallest absolute Gasteiger partial charge is 0.327 e. The number of hydrazone groups is 1. The highest BCUT2D eigenvalue weighted by atomic mass is 35.5. The quantitative estimate of drug-likeness (QED) is 0.698. The lowest BCUT2D eigenvalue weighted by Gasteiger charge is -2.41. The molecular formula is C23H26ClN7O2. The molecule has 3 amide bonds. The SMILES string of the molecule is CN1C(=O)C2C(NC3N(CCNc4cccc(Cl)c4)N=C(c4ccccc4)CN23)N(C)C1=O. The fourth-order valence-electron chi connectivity index (χ4n) is 4.64. The molecule has 0 spiro atoms. The monoisotopic (exact) mass is 467 g/mol. The zero-order valence-corrected chi connectivity index (χ0v) is 19.2. The first kappa shape index (κ1) is 21.7. The van der Waals surface area contributed by atoms with Gasteiger partial charge >= 0.3 is 6.03 Å². The molecular weight excluding hydrogens is 442 g/mol. The first-order valence-electron chi connectivity index (χ1n) is 10.9. The molecule has 2 N–H and O–H groups in total. The molecule has 33 heavy (non-hydrogen) atoms. The Bertz CT molecular complexity index is 1100. The number of likely N-dealkylation sites (N-methyl/N-ethyl adjacent to an activating group) is 2. The molecule has 3 unspecified atom stereocenters. The van der Waals surface area contributed by atoms with E-state index in [1.54, 1.807) is 11.9 Å². The summed E-state index contributed by atoms with van der Waals surface area (Å²) in [5, 5.41) is 14.4. The number of imide groups is 1. The molecule has 3 atom stereocenters. The summed E-state index contributed by atoms with van der Waals surface area (Å²) in [6.45, 7) is 1.71. The number of hydrogen-bond donors (Lipinski definition) is 2. The Balaban J connectivity index is 1.42. The van der Waals surface area contributed by atoms with Gasteiger partial charge in [0.25, 0.3) is 5.91 Å². The van der Waals surface area contributed by atoms with Crippen molar-refractivity contribution in [1.82, 2.24) is 25.0 Å². The van der Waals surface area contributed by atoms with Gasteiger partial charge in [-0.1, -0.05) is 48.0 Å². The number of anilines is 1. The van der Waals surface area contributed by atoms with Crippen LogP contribution in [0.5, 0.6) is 0 Å². The Morgan fingerprint density at radius 2 is 1.91 bits per heavy atom. The Morgan fingerprint density at radius 3 is 2.67 bits per heavy atom. The minimum absolute atomic E-state index is 0.204. The Morgan fingerprint density at radius 1 is 1.12 bits per heavy atom. The number of carbonyl (C=O) groups excluding carboxylic acids is 2. The molecule has 2 aromatic rings. The van der Waals surface area contributed by atoms with E-state index >= 15 is 0 Å². The second-order valence-corrected chi connectivity index (χ2v) is 8.84. The Labute approximate surface area is 197 Å². The van der Waals surface area contributed by atoms with Crippen LogP contribution in [0.4, 0.5) is 10.5 Å². The summed E-state index contributed by atoms with van der Waals surface area (Å²) in [7, 11) is 3.26. The van der Waals surface area contributed by atoms with Gasteiger partial charge in [0.05, 0.1) is 12.3 Å². The van der Waals surface area contributed by atoms with Crippen LogP contribution in [0.15, 0.2) is 59.7 Å². The molecule has 2 saturated heterocycles. The van der Waals surface area contributed by atoms with E-state index in [1.807, 2.05) is 59.6 Å². The van der Waals surface area contributed by atoms with Crippen molar-refractivity contribution in [2.24, 2.45) is 5.10 Å². The van der Waals surface area contributed by atoms with Crippen molar-refractivity contribution in [3.8, 4) is 0 Å². The number of urea groups is 1. The fourth-order valence-corrected chi connectivity index (χ4v) is 4.83. The summed E-state index contributed by atoms with van der Waals surface area (Å²) in [4.78, 5) is 30.5. The molecule has 0 saturated carbocycles. The summed E-state index contributed by atoms with van der Waals surface area (Å²) in [5.74, 6) is -0.204. The summed E-state index contributed by atoms with van der Waals surface area (Å²) in [6.07, 6.45) is -0.723. The molecule has 0 radical (unpaired) electrons. The van der Waals surface area contributed by atoms with Gasteiger partial charge in [0.2, 0.25) is 0 Å². The molecule has 5 rings (SSSR count). The number of halogens is 1. The van der Waals surface area contributed by atoms with E-state index in [9.17, 15) is 9.59 Å². The molecule has 2 aromatic carbocycles. The zero-order chi connectivity index (χ0) is 23.1. The highest BCUT2D eigenvalue weighted by molar-refractivity contribution is 6.30. The van der Waals surface area contributed by atoms with Crippen LogP contribution in [-0.2, 0) is 4.79 Å². The van der Waals surface area contributed by atoms with Crippen molar-refractivity contribution < 1.29 is 9.59 Å². The number of carbonyl (C=O) groups is 2. The molecule has 172 valence electrons. The Hall–Kier alpha value is -3.14. The number of benzene rings is 2. The highest BCUT2D eigenvalue weighted by Crippen LogP contribution is 2.30. The first-order chi connectivity index (χ1) is 15.9. The van der Waals surface area contributed by atoms with Crippen molar-refractivity contribution in [1.29, 1.82) is 0 Å². The molecule has 0 aliphatic carbocycles. The second-order valence-electron chi connectivity index (χ2n) is 8.41. The highest BCUT2D eigenvalue weighted by Gasteiger charge is 2.55. The molecule has 2 fully saturated rings. The summed E-state index contributed by atoms with van der Waals surface area (Å²) < 4.78 is 0. The van der Waals surface area contributed by atoms with E-state index in [4.69, 9.17) is 16.7 Å². The lowest BCUT2D eigenvalue weighted by atomic mass is 10.1. The van der Waals surface area contributed by atoms with E-state index < -0.39 is 12.2 Å². The van der Waals surface area contributed by atoms with Gasteiger partial charge < -0.3 is 10.2 Å². The predicted molar refractivity (Wildman–Crippen MR) is 127 cm³/mol. The van der Waals surface area contributed by atoms with Crippen molar-refractivity contribution in [3.05, 3.63) is 65.2 Å². The van der Waals surface area contributed by atoms with Crippen LogP contribution in [0.3, 0.4) is 0 Å². The van der Waals surface area contributed by atoms with E-state index in [0.717, 1.165) is 17.0 Å². The molecule has 3 aliphatic heterocycles. The number of fused-ring (bicyclic) bond motifs is 3. The van der Waals surface area contributed by atoms with Crippen LogP contribution in [0, 0.1) is 0 Å². The second kappa shape index (κ2) is 8.66. The van der Waals surface area contributed by atoms with Gasteiger partial charge in [-0.2, -0.15) is 5.10 Å². The van der Waals surface area contributed by atoms with Gasteiger partial charge in [-0.25, -0.2) is 9.69 Å². The lowest BCUT2D eigenvalue weighted by molar-refractivity contribution is -0.137. The standard InChI is InChI=1S/C23H26ClN7O2/c1-28-20-19(21(32)29(2)23(28)33)30-14-18(15-7-4-3-5-8-15)27-31(22(30)26-20)12-11-25-17-10-6-9-16(24)13-17/h3-10,13,19-20,22,25-26H,11-12,14H2,1-2H3. The average molecular weight is 468 g/mol. The number of amides is 3. The van der Waals surface area contributed by atoms with Crippen molar-refractivity contribution in [3.63, 3.8) is 0 Å². The lowest BCUT2D eigenvalue weighted by Crippen LogP contribution is -2.65. The predicted octanol–water partition coefficient (Wildman–Crippen LogP) is 1.88. The van der Waals surface area contributed by atoms with E-state index in [2.05, 4.69) is 15.5 Å². The minimum Gasteiger partial charge on any atom is -0.383 e. The van der Waals surface area contributed by atoms with Gasteiger partial charge in [0.1, 0.15) is 12.2 Å². The van der Waals surface area contributed by atoms with Gasteiger partial charge in [0.15, 0.2) is 6.29 Å². The van der Waals surface area contributed by atoms with Crippen LogP contribution in [0.2, 0.25) is 5.02 Å². The largest absolute Gasteiger partial charge is 0.383 e. The number of hydrogen-bond acceptors (Lipinski definition) is 7. The maximum atomic E-state index is 13.1. The third-order valence-electron chi connectivity index (χ3n) is 6.35. The number of rotatable bonds is 5. The third kappa shape index (κ3) is 3.92.